The van der Waals surface area contributed by atoms with E-state index in [-0.39, 0.29) is 24.8 Å². The Kier molecular flexibility index (Phi) is 10.5. The number of carbonyl (C=O) groups is 1. The lowest BCUT2D eigenvalue weighted by molar-refractivity contribution is -0.127. The molecule has 122 valence electrons. The minimum absolute atomic E-state index is 0. The zero-order chi connectivity index (χ0) is 14.5. The highest BCUT2D eigenvalue weighted by molar-refractivity contribution is 5.85. The van der Waals surface area contributed by atoms with Gasteiger partial charge in [-0.25, -0.2) is 8.78 Å². The molecule has 21 heavy (non-hydrogen) atoms. The lowest BCUT2D eigenvalue weighted by Gasteiger charge is -2.25. The van der Waals surface area contributed by atoms with Gasteiger partial charge in [-0.05, 0) is 19.7 Å². The van der Waals surface area contributed by atoms with Crippen molar-refractivity contribution < 1.29 is 13.6 Å². The molecule has 1 aromatic carbocycles. The Morgan fingerprint density at radius 3 is 2.24 bits per heavy atom. The Hall–Kier alpha value is -0.950. The van der Waals surface area contributed by atoms with Crippen LogP contribution in [-0.4, -0.2) is 43.9 Å². The zero-order valence-corrected chi connectivity index (χ0v) is 13.5. The summed E-state index contributed by atoms with van der Waals surface area (Å²) in [6.07, 6.45) is 0. The van der Waals surface area contributed by atoms with Crippen LogP contribution in [0.25, 0.3) is 0 Å². The first-order valence-electron chi connectivity index (χ1n) is 5.94. The average molecular weight is 344 g/mol. The Balaban J connectivity index is 0. The van der Waals surface area contributed by atoms with Gasteiger partial charge in [0.25, 0.3) is 5.92 Å². The smallest absolute Gasteiger partial charge is 0.277 e. The Morgan fingerprint density at radius 2 is 1.81 bits per heavy atom. The van der Waals surface area contributed by atoms with E-state index >= 15 is 0 Å². The molecule has 0 bridgehead atoms. The van der Waals surface area contributed by atoms with Gasteiger partial charge < -0.3 is 11.1 Å². The number of carbonyl (C=O) groups excluding carboxylic acids is 1. The second kappa shape index (κ2) is 9.89. The largest absolute Gasteiger partial charge is 0.348 e. The summed E-state index contributed by atoms with van der Waals surface area (Å²) >= 11 is 0. The van der Waals surface area contributed by atoms with Crippen molar-refractivity contribution in [2.75, 3.05) is 27.2 Å². The number of likely N-dealkylation sites (N-methyl/N-ethyl adjacent to an activating group) is 1. The molecule has 0 saturated carbocycles. The van der Waals surface area contributed by atoms with Crippen molar-refractivity contribution in [1.82, 2.24) is 10.2 Å². The molecule has 3 N–H and O–H groups in total. The van der Waals surface area contributed by atoms with E-state index in [1.165, 1.54) is 0 Å². The van der Waals surface area contributed by atoms with Crippen LogP contribution >= 0.6 is 24.8 Å². The second-order valence-corrected chi connectivity index (χ2v) is 4.55. The summed E-state index contributed by atoms with van der Waals surface area (Å²) in [4.78, 5) is 13.7. The Morgan fingerprint density at radius 1 is 1.29 bits per heavy atom. The van der Waals surface area contributed by atoms with E-state index in [1.807, 2.05) is 6.07 Å². The molecule has 0 aliphatic rings. The number of hydrogen-bond donors (Lipinski definition) is 2. The molecule has 0 radical (unpaired) electrons. The fourth-order valence-electron chi connectivity index (χ4n) is 1.70. The number of nitrogens with zero attached hydrogens (tertiary/aromatic N) is 1. The average Bonchev–Trinajstić information content (AvgIpc) is 2.37. The van der Waals surface area contributed by atoms with Gasteiger partial charge in [-0.3, -0.25) is 9.69 Å². The van der Waals surface area contributed by atoms with Crippen LogP contribution in [0.1, 0.15) is 11.6 Å². The lowest BCUT2D eigenvalue weighted by Crippen LogP contribution is -2.45. The van der Waals surface area contributed by atoms with Gasteiger partial charge in [-0.1, -0.05) is 30.3 Å². The standard InChI is InChI=1S/C13H19F2N3O.2ClH/c1-18(2)11(10-6-4-3-5-7-10)12(19)17-9-13(14,15)8-16;;/h3-7,11H,8-9,16H2,1-2H3,(H,17,19);2*1H. The molecule has 0 fully saturated rings. The van der Waals surface area contributed by atoms with Crippen LogP contribution in [0.5, 0.6) is 0 Å². The number of alkyl halides is 2. The Bertz CT molecular complexity index is 419. The zero-order valence-electron chi connectivity index (χ0n) is 11.9. The van der Waals surface area contributed by atoms with Crippen LogP contribution < -0.4 is 11.1 Å². The van der Waals surface area contributed by atoms with Crippen molar-refractivity contribution >= 4 is 30.7 Å². The number of nitrogens with one attached hydrogen (secondary N) is 1. The summed E-state index contributed by atoms with van der Waals surface area (Å²) in [6.45, 7) is -1.54. The van der Waals surface area contributed by atoms with E-state index in [2.05, 4.69) is 5.32 Å². The van der Waals surface area contributed by atoms with Crippen molar-refractivity contribution in [3.63, 3.8) is 0 Å². The van der Waals surface area contributed by atoms with Crippen molar-refractivity contribution in [3.05, 3.63) is 35.9 Å². The van der Waals surface area contributed by atoms with Crippen molar-refractivity contribution in [2.45, 2.75) is 12.0 Å². The van der Waals surface area contributed by atoms with Gasteiger partial charge in [0.1, 0.15) is 6.04 Å². The third kappa shape index (κ3) is 7.04. The highest BCUT2D eigenvalue weighted by atomic mass is 35.5. The molecule has 1 rings (SSSR count). The predicted octanol–water partition coefficient (Wildman–Crippen LogP) is 1.84. The predicted molar refractivity (Wildman–Crippen MR) is 84.4 cm³/mol. The maximum atomic E-state index is 13.0. The minimum Gasteiger partial charge on any atom is -0.348 e. The number of amides is 1. The first kappa shape index (κ1) is 22.3. The van der Waals surface area contributed by atoms with Gasteiger partial charge in [0.15, 0.2) is 0 Å². The lowest BCUT2D eigenvalue weighted by atomic mass is 10.1. The van der Waals surface area contributed by atoms with Crippen LogP contribution in [0.2, 0.25) is 0 Å². The number of hydrogen-bond acceptors (Lipinski definition) is 3. The monoisotopic (exact) mass is 343 g/mol. The quantitative estimate of drug-likeness (QED) is 0.828. The summed E-state index contributed by atoms with van der Waals surface area (Å²) in [7, 11) is 3.44. The first-order chi connectivity index (χ1) is 8.87. The van der Waals surface area contributed by atoms with Crippen molar-refractivity contribution in [1.29, 1.82) is 0 Å². The maximum absolute atomic E-state index is 13.0. The molecule has 1 aromatic rings. The second-order valence-electron chi connectivity index (χ2n) is 4.55. The van der Waals surface area contributed by atoms with Gasteiger partial charge in [0.2, 0.25) is 5.91 Å². The number of nitrogens with two attached hydrogens (primary N) is 1. The fourth-order valence-corrected chi connectivity index (χ4v) is 1.70. The van der Waals surface area contributed by atoms with E-state index in [0.717, 1.165) is 5.56 Å². The SMILES string of the molecule is CN(C)C(C(=O)NCC(F)(F)CN)c1ccccc1.Cl.Cl. The molecule has 0 aromatic heterocycles. The summed E-state index contributed by atoms with van der Waals surface area (Å²) in [6, 6.07) is 8.39. The molecular formula is C13H21Cl2F2N3O. The molecule has 0 aliphatic heterocycles. The fraction of sp³-hybridized carbons (Fsp3) is 0.462. The summed E-state index contributed by atoms with van der Waals surface area (Å²) < 4.78 is 26.1. The molecule has 1 unspecified atom stereocenters. The highest BCUT2D eigenvalue weighted by Crippen LogP contribution is 2.18. The summed E-state index contributed by atoms with van der Waals surface area (Å²) in [5.74, 6) is -3.55. The van der Waals surface area contributed by atoms with Gasteiger partial charge >= 0.3 is 0 Å². The van der Waals surface area contributed by atoms with E-state index in [0.29, 0.717) is 0 Å². The summed E-state index contributed by atoms with van der Waals surface area (Å²) in [5, 5.41) is 2.24. The topological polar surface area (TPSA) is 58.4 Å². The first-order valence-corrected chi connectivity index (χ1v) is 5.94. The van der Waals surface area contributed by atoms with Crippen molar-refractivity contribution in [3.8, 4) is 0 Å². The van der Waals surface area contributed by atoms with Gasteiger partial charge in [0, 0.05) is 0 Å². The molecular weight excluding hydrogens is 323 g/mol. The maximum Gasteiger partial charge on any atom is 0.277 e. The third-order valence-electron chi connectivity index (χ3n) is 2.70. The molecule has 1 amide bonds. The van der Waals surface area contributed by atoms with Crippen LogP contribution in [0.4, 0.5) is 8.78 Å². The van der Waals surface area contributed by atoms with Gasteiger partial charge in [0.05, 0.1) is 13.1 Å². The Labute approximate surface area is 135 Å². The van der Waals surface area contributed by atoms with Crippen LogP contribution in [-0.2, 0) is 4.79 Å². The summed E-state index contributed by atoms with van der Waals surface area (Å²) in [5.41, 5.74) is 5.68. The van der Waals surface area contributed by atoms with E-state index in [1.54, 1.807) is 43.3 Å². The number of rotatable bonds is 6. The minimum atomic E-state index is -3.08. The normalized spacial score (nSPS) is 12.1. The number of halogens is 4. The molecule has 8 heteroatoms. The van der Waals surface area contributed by atoms with Gasteiger partial charge in [-0.2, -0.15) is 0 Å². The van der Waals surface area contributed by atoms with E-state index < -0.39 is 31.0 Å². The van der Waals surface area contributed by atoms with Gasteiger partial charge in [-0.15, -0.1) is 24.8 Å². The van der Waals surface area contributed by atoms with Crippen LogP contribution in [0, 0.1) is 0 Å². The molecule has 4 nitrogen and oxygen atoms in total. The molecule has 0 spiro atoms. The van der Waals surface area contributed by atoms with Crippen LogP contribution in [0.3, 0.4) is 0 Å². The van der Waals surface area contributed by atoms with Crippen LogP contribution in [0.15, 0.2) is 30.3 Å². The van der Waals surface area contributed by atoms with E-state index in [4.69, 9.17) is 5.73 Å². The number of benzene rings is 1. The molecule has 0 saturated heterocycles. The molecule has 1 atom stereocenters. The van der Waals surface area contributed by atoms with Crippen molar-refractivity contribution in [2.24, 2.45) is 5.73 Å². The third-order valence-corrected chi connectivity index (χ3v) is 2.70. The highest BCUT2D eigenvalue weighted by Gasteiger charge is 2.30. The molecule has 0 heterocycles. The molecule has 0 aliphatic carbocycles. The van der Waals surface area contributed by atoms with E-state index in [9.17, 15) is 13.6 Å².